The molecular weight excluding hydrogens is 571 g/mol. The van der Waals surface area contributed by atoms with Crippen molar-refractivity contribution in [2.75, 3.05) is 13.7 Å². The van der Waals surface area contributed by atoms with Crippen molar-refractivity contribution in [3.8, 4) is 11.1 Å². The van der Waals surface area contributed by atoms with E-state index in [4.69, 9.17) is 19.0 Å². The summed E-state index contributed by atoms with van der Waals surface area (Å²) in [5, 5.41) is 7.07. The maximum Gasteiger partial charge on any atom is 0.497 e. The highest BCUT2D eigenvalue weighted by Gasteiger charge is 2.52. The van der Waals surface area contributed by atoms with Gasteiger partial charge in [0.15, 0.2) is 0 Å². The lowest BCUT2D eigenvalue weighted by Crippen LogP contribution is -2.51. The minimum absolute atomic E-state index is 0.0823. The number of nitrogens with one attached hydrogen (secondary N) is 2. The Morgan fingerprint density at radius 2 is 1.86 bits per heavy atom. The van der Waals surface area contributed by atoms with Crippen molar-refractivity contribution >= 4 is 67.7 Å². The van der Waals surface area contributed by atoms with Crippen molar-refractivity contribution in [1.29, 1.82) is 0 Å². The normalized spacial score (nSPS) is 20.6. The Morgan fingerprint density at radius 1 is 1.14 bits per heavy atom. The molecule has 2 amide bonds. The lowest BCUT2D eigenvalue weighted by Gasteiger charge is -2.32. The van der Waals surface area contributed by atoms with E-state index >= 15 is 0 Å². The summed E-state index contributed by atoms with van der Waals surface area (Å²) in [6, 6.07) is 5.44. The minimum Gasteiger partial charge on any atom is -0.453 e. The number of carbonyl (C=O) groups is 2. The number of alkyl carbamates (subject to hydrolysis) is 1. The van der Waals surface area contributed by atoms with Crippen LogP contribution in [0.15, 0.2) is 29.0 Å². The quantitative estimate of drug-likeness (QED) is 0.266. The third-order valence-corrected chi connectivity index (χ3v) is 11.1. The lowest BCUT2D eigenvalue weighted by molar-refractivity contribution is -0.135. The van der Waals surface area contributed by atoms with E-state index < -0.39 is 12.1 Å². The summed E-state index contributed by atoms with van der Waals surface area (Å²) in [5.74, 6) is 0.569. The highest BCUT2D eigenvalue weighted by atomic mass is 32.1. The number of amides is 2. The molecule has 2 unspecified atom stereocenters. The fourth-order valence-corrected chi connectivity index (χ4v) is 8.16. The first-order valence-electron chi connectivity index (χ1n) is 14.4. The number of thiophene rings is 2. The number of nitrogens with zero attached hydrogens (tertiary/aromatic N) is 2. The Bertz CT molecular complexity index is 1640. The van der Waals surface area contributed by atoms with E-state index in [1.165, 1.54) is 22.1 Å². The number of aromatic amines is 1. The van der Waals surface area contributed by atoms with Crippen LogP contribution >= 0.6 is 22.7 Å². The number of benzene rings is 1. The second-order valence-electron chi connectivity index (χ2n) is 12.5. The van der Waals surface area contributed by atoms with E-state index in [0.29, 0.717) is 6.54 Å². The standard InChI is InChI=1S/C30H37BN4O5S2/c1-16(2)23(34-28(37)38-7)27(36)35-12-8-9-22(35)26-32-20-11-10-17(13-21(20)33-26)18-14-41-25-19(15-42-24(18)25)31-39-29(3,4)30(5,6)40-31/h10-11,13-16,22-23H,8-9,12H2,1-7H3,(H,32,33)(H,34,37). The summed E-state index contributed by atoms with van der Waals surface area (Å²) in [6.45, 7) is 12.8. The lowest BCUT2D eigenvalue weighted by atomic mass is 9.81. The third-order valence-electron chi connectivity index (χ3n) is 8.87. The predicted molar refractivity (Wildman–Crippen MR) is 168 cm³/mol. The molecule has 5 heterocycles. The zero-order valence-electron chi connectivity index (χ0n) is 25.1. The third kappa shape index (κ3) is 4.92. The van der Waals surface area contributed by atoms with Crippen molar-refractivity contribution < 1.29 is 23.6 Å². The van der Waals surface area contributed by atoms with Crippen molar-refractivity contribution in [3.63, 3.8) is 0 Å². The average molecular weight is 609 g/mol. The first-order chi connectivity index (χ1) is 19.9. The van der Waals surface area contributed by atoms with E-state index in [2.05, 4.69) is 60.9 Å². The molecule has 2 atom stereocenters. The van der Waals surface area contributed by atoms with Crippen molar-refractivity contribution in [2.45, 2.75) is 77.7 Å². The van der Waals surface area contributed by atoms with Gasteiger partial charge in [0.25, 0.3) is 0 Å². The molecule has 0 radical (unpaired) electrons. The van der Waals surface area contributed by atoms with Gasteiger partial charge in [-0.15, -0.1) is 22.7 Å². The Labute approximate surface area is 254 Å². The molecule has 0 saturated carbocycles. The molecule has 3 aromatic heterocycles. The van der Waals surface area contributed by atoms with Crippen LogP contribution in [-0.4, -0.2) is 64.9 Å². The molecule has 2 fully saturated rings. The minimum atomic E-state index is -0.664. The molecule has 0 spiro atoms. The molecule has 42 heavy (non-hydrogen) atoms. The van der Waals surface area contributed by atoms with Gasteiger partial charge < -0.3 is 29.2 Å². The van der Waals surface area contributed by atoms with Gasteiger partial charge in [-0.2, -0.15) is 0 Å². The van der Waals surface area contributed by atoms with Crippen LogP contribution < -0.4 is 10.8 Å². The second kappa shape index (κ2) is 10.7. The molecule has 9 nitrogen and oxygen atoms in total. The van der Waals surface area contributed by atoms with E-state index in [0.717, 1.165) is 40.7 Å². The zero-order chi connectivity index (χ0) is 30.0. The van der Waals surface area contributed by atoms with Gasteiger partial charge in [-0.1, -0.05) is 19.9 Å². The van der Waals surface area contributed by atoms with Gasteiger partial charge in [-0.3, -0.25) is 4.79 Å². The zero-order valence-corrected chi connectivity index (χ0v) is 26.7. The maximum atomic E-state index is 13.5. The van der Waals surface area contributed by atoms with Crippen LogP contribution in [0.25, 0.3) is 31.6 Å². The van der Waals surface area contributed by atoms with Gasteiger partial charge in [0.2, 0.25) is 5.91 Å². The van der Waals surface area contributed by atoms with Crippen LogP contribution in [-0.2, 0) is 18.8 Å². The number of carbonyl (C=O) groups excluding carboxylic acids is 2. The number of hydrogen-bond acceptors (Lipinski definition) is 8. The van der Waals surface area contributed by atoms with E-state index in [1.54, 1.807) is 22.7 Å². The molecular formula is C30H37BN4O5S2. The number of H-pyrrole nitrogens is 1. The Hall–Kier alpha value is -2.93. The smallest absolute Gasteiger partial charge is 0.453 e. The van der Waals surface area contributed by atoms with Crippen LogP contribution in [0, 0.1) is 5.92 Å². The molecule has 12 heteroatoms. The van der Waals surface area contributed by atoms with Crippen LogP contribution in [0.1, 0.15) is 66.3 Å². The molecule has 1 aromatic carbocycles. The number of methoxy groups -OCH3 is 1. The number of imidazole rings is 1. The fourth-order valence-electron chi connectivity index (χ4n) is 5.72. The molecule has 6 rings (SSSR count). The Kier molecular flexibility index (Phi) is 7.40. The van der Waals surface area contributed by atoms with Crippen LogP contribution in [0.3, 0.4) is 0 Å². The van der Waals surface area contributed by atoms with Gasteiger partial charge >= 0.3 is 13.2 Å². The molecule has 4 aromatic rings. The van der Waals surface area contributed by atoms with Gasteiger partial charge in [0.1, 0.15) is 11.9 Å². The van der Waals surface area contributed by atoms with E-state index in [-0.39, 0.29) is 36.2 Å². The first-order valence-corrected chi connectivity index (χ1v) is 16.2. The van der Waals surface area contributed by atoms with Gasteiger partial charge in [-0.05, 0) is 69.5 Å². The summed E-state index contributed by atoms with van der Waals surface area (Å²) in [7, 11) is 0.916. The summed E-state index contributed by atoms with van der Waals surface area (Å²) in [4.78, 5) is 35.7. The van der Waals surface area contributed by atoms with Gasteiger partial charge in [-0.25, -0.2) is 9.78 Å². The first kappa shape index (κ1) is 29.2. The van der Waals surface area contributed by atoms with Gasteiger partial charge in [0.05, 0.1) is 40.1 Å². The number of aromatic nitrogens is 2. The summed E-state index contributed by atoms with van der Waals surface area (Å²) in [5.41, 5.74) is 4.38. The molecule has 0 aliphatic carbocycles. The van der Waals surface area contributed by atoms with E-state index in [9.17, 15) is 9.59 Å². The van der Waals surface area contributed by atoms with Crippen LogP contribution in [0.5, 0.6) is 0 Å². The maximum absolute atomic E-state index is 13.5. The van der Waals surface area contributed by atoms with E-state index in [1.807, 2.05) is 24.8 Å². The molecule has 0 bridgehead atoms. The topological polar surface area (TPSA) is 106 Å². The molecule has 2 N–H and O–H groups in total. The SMILES string of the molecule is COC(=O)NC(C(=O)N1CCCC1c1nc2ccc(-c3csc4c(B5OC(C)(C)C(C)(C)O5)csc34)cc2[nH]1)C(C)C. The Balaban J connectivity index is 1.27. The summed E-state index contributed by atoms with van der Waals surface area (Å²) >= 11 is 3.43. The van der Waals surface area contributed by atoms with Crippen molar-refractivity contribution in [1.82, 2.24) is 20.2 Å². The van der Waals surface area contributed by atoms with Crippen LogP contribution in [0.4, 0.5) is 4.79 Å². The predicted octanol–water partition coefficient (Wildman–Crippen LogP) is 5.85. The monoisotopic (exact) mass is 608 g/mol. The second-order valence-corrected chi connectivity index (χ2v) is 14.2. The highest BCUT2D eigenvalue weighted by molar-refractivity contribution is 7.29. The molecule has 2 saturated heterocycles. The number of hydrogen-bond donors (Lipinski definition) is 2. The Morgan fingerprint density at radius 3 is 2.55 bits per heavy atom. The number of ether oxygens (including phenoxy) is 1. The largest absolute Gasteiger partial charge is 0.497 e. The van der Waals surface area contributed by atoms with Crippen LogP contribution in [0.2, 0.25) is 0 Å². The molecule has 2 aliphatic heterocycles. The highest BCUT2D eigenvalue weighted by Crippen LogP contribution is 2.42. The number of fused-ring (bicyclic) bond motifs is 2. The van der Waals surface area contributed by atoms with Gasteiger partial charge in [0, 0.05) is 27.7 Å². The number of rotatable bonds is 6. The average Bonchev–Trinajstić information content (AvgIpc) is 3.74. The van der Waals surface area contributed by atoms with Crippen molar-refractivity contribution in [2.24, 2.45) is 5.92 Å². The molecule has 2 aliphatic rings. The number of likely N-dealkylation sites (tertiary alicyclic amines) is 1. The molecule has 222 valence electrons. The fraction of sp³-hybridized carbons (Fsp3) is 0.500. The summed E-state index contributed by atoms with van der Waals surface area (Å²) < 4.78 is 19.9. The van der Waals surface area contributed by atoms with Crippen molar-refractivity contribution in [3.05, 3.63) is 34.8 Å². The summed E-state index contributed by atoms with van der Waals surface area (Å²) in [6.07, 6.45) is 1.08.